The third-order valence-electron chi connectivity index (χ3n) is 6.91. The van der Waals surface area contributed by atoms with Crippen molar-refractivity contribution in [3.63, 3.8) is 0 Å². The third-order valence-corrected chi connectivity index (χ3v) is 7.19. The van der Waals surface area contributed by atoms with Crippen molar-refractivity contribution in [2.75, 3.05) is 11.9 Å². The molecule has 1 amide bonds. The molecule has 0 radical (unpaired) electrons. The summed E-state index contributed by atoms with van der Waals surface area (Å²) in [6.07, 6.45) is 10.5. The topological polar surface area (TPSA) is 94.7 Å². The van der Waals surface area contributed by atoms with Gasteiger partial charge in [-0.05, 0) is 38.7 Å². The lowest BCUT2D eigenvalue weighted by molar-refractivity contribution is -0.123. The highest BCUT2D eigenvalue weighted by molar-refractivity contribution is 6.33. The fraction of sp³-hybridized carbons (Fsp3) is 0.423. The van der Waals surface area contributed by atoms with Crippen LogP contribution in [0.4, 0.5) is 10.3 Å². The monoisotopic (exact) mass is 496 g/mol. The number of hydrogen-bond acceptors (Lipinski definition) is 5. The highest BCUT2D eigenvalue weighted by Crippen LogP contribution is 2.33. The number of amides is 1. The molecular formula is C26H30ClFN6O. The van der Waals surface area contributed by atoms with Gasteiger partial charge in [0.25, 0.3) is 0 Å². The second-order valence-corrected chi connectivity index (χ2v) is 9.93. The fourth-order valence-electron chi connectivity index (χ4n) is 5.22. The number of alkyl halides is 1. The number of nitrogens with one attached hydrogen (secondary N) is 4. The van der Waals surface area contributed by atoms with Crippen molar-refractivity contribution >= 4 is 34.4 Å². The van der Waals surface area contributed by atoms with Crippen molar-refractivity contribution in [2.45, 2.75) is 62.8 Å². The SMILES string of the molecule is C/C=C/C1(F)CN[C@@H](C(=O)N[C@H]2CCC[C@@H](Nc3ncc(Cl)c(-c4c[nH]c5ccccc45)n3)C2)C1. The summed E-state index contributed by atoms with van der Waals surface area (Å²) in [5, 5.41) is 11.1. The molecular weight excluding hydrogens is 467 g/mol. The summed E-state index contributed by atoms with van der Waals surface area (Å²) in [7, 11) is 0. The van der Waals surface area contributed by atoms with Crippen LogP contribution in [0.25, 0.3) is 22.2 Å². The molecule has 0 bridgehead atoms. The van der Waals surface area contributed by atoms with Gasteiger partial charge < -0.3 is 20.9 Å². The van der Waals surface area contributed by atoms with E-state index < -0.39 is 11.7 Å². The van der Waals surface area contributed by atoms with Crippen LogP contribution in [0.2, 0.25) is 5.02 Å². The maximum Gasteiger partial charge on any atom is 0.237 e. The summed E-state index contributed by atoms with van der Waals surface area (Å²) in [6, 6.07) is 7.64. The number of rotatable bonds is 6. The standard InChI is InChI=1S/C26H30ClFN6O/c1-2-10-26(28)12-22(31-15-26)24(35)32-16-6-5-7-17(11-16)33-25-30-14-20(27)23(34-25)19-13-29-21-9-4-3-8-18(19)21/h2-4,8-10,13-14,16-17,22,29,31H,5-7,11-12,15H2,1H3,(H,32,35)(H,30,33,34)/b10-2+/t16-,17+,22+,26?/m0/s1. The molecule has 9 heteroatoms. The Hall–Kier alpha value is -2.97. The first-order valence-electron chi connectivity index (χ1n) is 12.2. The molecule has 184 valence electrons. The van der Waals surface area contributed by atoms with Gasteiger partial charge >= 0.3 is 0 Å². The quantitative estimate of drug-likeness (QED) is 0.369. The van der Waals surface area contributed by atoms with Crippen LogP contribution in [0.1, 0.15) is 39.0 Å². The zero-order chi connectivity index (χ0) is 24.4. The van der Waals surface area contributed by atoms with Crippen LogP contribution in [0.3, 0.4) is 0 Å². The van der Waals surface area contributed by atoms with Crippen molar-refractivity contribution in [2.24, 2.45) is 0 Å². The summed E-state index contributed by atoms with van der Waals surface area (Å²) in [6.45, 7) is 1.95. The Labute approximate surface area is 209 Å². The predicted octanol–water partition coefficient (Wildman–Crippen LogP) is 4.76. The average Bonchev–Trinajstić information content (AvgIpc) is 3.45. The normalized spacial score (nSPS) is 26.9. The van der Waals surface area contributed by atoms with Gasteiger partial charge in [0.15, 0.2) is 0 Å². The van der Waals surface area contributed by atoms with Crippen LogP contribution in [-0.4, -0.2) is 51.2 Å². The van der Waals surface area contributed by atoms with Crippen LogP contribution in [-0.2, 0) is 4.79 Å². The lowest BCUT2D eigenvalue weighted by Crippen LogP contribution is -2.48. The van der Waals surface area contributed by atoms with Gasteiger partial charge in [-0.3, -0.25) is 4.79 Å². The average molecular weight is 497 g/mol. The smallest absolute Gasteiger partial charge is 0.237 e. The molecule has 2 fully saturated rings. The Morgan fingerprint density at radius 1 is 1.29 bits per heavy atom. The number of halogens is 2. The van der Waals surface area contributed by atoms with E-state index in [0.29, 0.717) is 16.7 Å². The summed E-state index contributed by atoms with van der Waals surface area (Å²) in [5.41, 5.74) is 1.16. The number of carbonyl (C=O) groups is 1. The lowest BCUT2D eigenvalue weighted by atomic mass is 9.90. The summed E-state index contributed by atoms with van der Waals surface area (Å²) in [4.78, 5) is 25.1. The van der Waals surface area contributed by atoms with Gasteiger partial charge in [0.05, 0.1) is 23.0 Å². The zero-order valence-electron chi connectivity index (χ0n) is 19.7. The second-order valence-electron chi connectivity index (χ2n) is 9.52. The van der Waals surface area contributed by atoms with Crippen molar-refractivity contribution in [3.05, 3.63) is 53.8 Å². The molecule has 3 aromatic rings. The number of fused-ring (bicyclic) bond motifs is 1. The van der Waals surface area contributed by atoms with Crippen molar-refractivity contribution in [1.82, 2.24) is 25.6 Å². The molecule has 1 saturated carbocycles. The van der Waals surface area contributed by atoms with Gasteiger partial charge in [0.2, 0.25) is 11.9 Å². The zero-order valence-corrected chi connectivity index (χ0v) is 20.4. The van der Waals surface area contributed by atoms with Gasteiger partial charge in [0.1, 0.15) is 5.67 Å². The molecule has 4 N–H and O–H groups in total. The first-order valence-corrected chi connectivity index (χ1v) is 12.5. The molecule has 1 aromatic carbocycles. The Kier molecular flexibility index (Phi) is 6.75. The molecule has 1 aliphatic carbocycles. The van der Waals surface area contributed by atoms with E-state index in [4.69, 9.17) is 16.6 Å². The van der Waals surface area contributed by atoms with Gasteiger partial charge in [-0.1, -0.05) is 42.0 Å². The number of aromatic amines is 1. The Morgan fingerprint density at radius 3 is 2.97 bits per heavy atom. The second kappa shape index (κ2) is 9.95. The van der Waals surface area contributed by atoms with Gasteiger partial charge in [-0.15, -0.1) is 0 Å². The molecule has 5 rings (SSSR count). The molecule has 35 heavy (non-hydrogen) atoms. The highest BCUT2D eigenvalue weighted by Gasteiger charge is 2.40. The lowest BCUT2D eigenvalue weighted by Gasteiger charge is -2.31. The van der Waals surface area contributed by atoms with E-state index >= 15 is 0 Å². The van der Waals surface area contributed by atoms with E-state index in [-0.39, 0.29) is 31.0 Å². The van der Waals surface area contributed by atoms with E-state index in [1.807, 2.05) is 30.5 Å². The van der Waals surface area contributed by atoms with Crippen molar-refractivity contribution in [1.29, 1.82) is 0 Å². The van der Waals surface area contributed by atoms with E-state index in [0.717, 1.165) is 42.1 Å². The van der Waals surface area contributed by atoms with Gasteiger partial charge in [-0.2, -0.15) is 0 Å². The fourth-order valence-corrected chi connectivity index (χ4v) is 5.41. The Bertz CT molecular complexity index is 1250. The predicted molar refractivity (Wildman–Crippen MR) is 137 cm³/mol. The number of nitrogens with zero attached hydrogens (tertiary/aromatic N) is 2. The number of aromatic nitrogens is 3. The Morgan fingerprint density at radius 2 is 2.11 bits per heavy atom. The van der Waals surface area contributed by atoms with Crippen LogP contribution in [0, 0.1) is 0 Å². The number of allylic oxidation sites excluding steroid dienone is 1. The minimum absolute atomic E-state index is 0.0206. The number of carbonyl (C=O) groups excluding carboxylic acids is 1. The van der Waals surface area contributed by atoms with Crippen molar-refractivity contribution < 1.29 is 9.18 Å². The van der Waals surface area contributed by atoms with Crippen LogP contribution >= 0.6 is 11.6 Å². The number of H-pyrrole nitrogens is 1. The molecule has 3 heterocycles. The van der Waals surface area contributed by atoms with E-state index in [2.05, 4.69) is 25.9 Å². The maximum absolute atomic E-state index is 14.7. The van der Waals surface area contributed by atoms with Crippen LogP contribution < -0.4 is 16.0 Å². The van der Waals surface area contributed by atoms with Gasteiger partial charge in [0, 0.05) is 47.7 Å². The number of para-hydroxylation sites is 1. The van der Waals surface area contributed by atoms with Crippen LogP contribution in [0.5, 0.6) is 0 Å². The number of anilines is 1. The van der Waals surface area contributed by atoms with E-state index in [9.17, 15) is 9.18 Å². The molecule has 2 aromatic heterocycles. The summed E-state index contributed by atoms with van der Waals surface area (Å²) >= 11 is 6.46. The molecule has 1 unspecified atom stereocenters. The minimum Gasteiger partial charge on any atom is -0.360 e. The molecule has 4 atom stereocenters. The molecule has 1 aliphatic heterocycles. The highest BCUT2D eigenvalue weighted by atomic mass is 35.5. The van der Waals surface area contributed by atoms with E-state index in [1.54, 1.807) is 19.2 Å². The largest absolute Gasteiger partial charge is 0.360 e. The molecule has 2 aliphatic rings. The number of benzene rings is 1. The molecule has 1 saturated heterocycles. The number of hydrogen-bond donors (Lipinski definition) is 4. The molecule has 0 spiro atoms. The molecule has 7 nitrogen and oxygen atoms in total. The summed E-state index contributed by atoms with van der Waals surface area (Å²) < 4.78 is 14.7. The van der Waals surface area contributed by atoms with Crippen LogP contribution in [0.15, 0.2) is 48.8 Å². The third kappa shape index (κ3) is 5.18. The van der Waals surface area contributed by atoms with E-state index in [1.165, 1.54) is 6.08 Å². The van der Waals surface area contributed by atoms with Crippen molar-refractivity contribution in [3.8, 4) is 11.3 Å². The van der Waals surface area contributed by atoms with Gasteiger partial charge in [-0.25, -0.2) is 14.4 Å². The Balaban J connectivity index is 1.23. The maximum atomic E-state index is 14.7. The minimum atomic E-state index is -1.46. The first kappa shape index (κ1) is 23.8. The summed E-state index contributed by atoms with van der Waals surface area (Å²) in [5.74, 6) is 0.377. The first-order chi connectivity index (χ1) is 16.9.